The maximum absolute atomic E-state index is 13.9. The molecule has 0 amide bonds. The second-order valence-corrected chi connectivity index (χ2v) is 7.77. The number of halogens is 1. The standard InChI is InChI=1S/C14H14FNO2S2/c1-9-3-2-4-12(13(9)15)16-20(17,18)14-11(7-8-19-14)10-5-6-10/h2-4,7-8,10,16H,5-6H2,1H3. The number of anilines is 1. The van der Waals surface area contributed by atoms with Gasteiger partial charge in [-0.25, -0.2) is 12.8 Å². The minimum absolute atomic E-state index is 0.000136. The van der Waals surface area contributed by atoms with Crippen molar-refractivity contribution in [3.05, 3.63) is 46.6 Å². The van der Waals surface area contributed by atoms with Gasteiger partial charge in [0.25, 0.3) is 10.0 Å². The van der Waals surface area contributed by atoms with E-state index in [2.05, 4.69) is 4.72 Å². The first-order valence-electron chi connectivity index (χ1n) is 6.34. The highest BCUT2D eigenvalue weighted by atomic mass is 32.2. The highest BCUT2D eigenvalue weighted by Gasteiger charge is 2.31. The van der Waals surface area contributed by atoms with Crippen molar-refractivity contribution in [3.63, 3.8) is 0 Å². The minimum atomic E-state index is -3.72. The van der Waals surface area contributed by atoms with Crippen LogP contribution in [0.3, 0.4) is 0 Å². The van der Waals surface area contributed by atoms with Gasteiger partial charge in [-0.15, -0.1) is 11.3 Å². The Morgan fingerprint density at radius 1 is 1.30 bits per heavy atom. The van der Waals surface area contributed by atoms with Crippen molar-refractivity contribution in [1.82, 2.24) is 0 Å². The van der Waals surface area contributed by atoms with E-state index in [9.17, 15) is 12.8 Å². The lowest BCUT2D eigenvalue weighted by Gasteiger charge is -2.10. The Morgan fingerprint density at radius 2 is 2.05 bits per heavy atom. The average molecular weight is 311 g/mol. The maximum atomic E-state index is 13.9. The smallest absolute Gasteiger partial charge is 0.271 e. The van der Waals surface area contributed by atoms with E-state index in [1.54, 1.807) is 24.4 Å². The van der Waals surface area contributed by atoms with E-state index >= 15 is 0 Å². The fraction of sp³-hybridized carbons (Fsp3) is 0.286. The predicted molar refractivity (Wildman–Crippen MR) is 78.2 cm³/mol. The molecule has 0 radical (unpaired) electrons. The maximum Gasteiger partial charge on any atom is 0.271 e. The van der Waals surface area contributed by atoms with E-state index in [0.717, 1.165) is 18.4 Å². The molecule has 1 N–H and O–H groups in total. The minimum Gasteiger partial charge on any atom is -0.276 e. The Kier molecular flexibility index (Phi) is 3.30. The number of aryl methyl sites for hydroxylation is 1. The molecule has 1 saturated carbocycles. The van der Waals surface area contributed by atoms with Crippen LogP contribution < -0.4 is 4.72 Å². The van der Waals surface area contributed by atoms with E-state index in [1.807, 2.05) is 6.07 Å². The molecule has 3 nitrogen and oxygen atoms in total. The molecule has 0 saturated heterocycles. The largest absolute Gasteiger partial charge is 0.276 e. The van der Waals surface area contributed by atoms with Crippen molar-refractivity contribution in [2.75, 3.05) is 4.72 Å². The van der Waals surface area contributed by atoms with Gasteiger partial charge in [0, 0.05) is 0 Å². The van der Waals surface area contributed by atoms with Gasteiger partial charge in [-0.2, -0.15) is 0 Å². The molecule has 0 spiro atoms. The van der Waals surface area contributed by atoms with Crippen LogP contribution in [0.25, 0.3) is 0 Å². The van der Waals surface area contributed by atoms with Crippen LogP contribution in [0.15, 0.2) is 33.9 Å². The van der Waals surface area contributed by atoms with Gasteiger partial charge in [-0.3, -0.25) is 4.72 Å². The summed E-state index contributed by atoms with van der Waals surface area (Å²) in [4.78, 5) is 0. The fourth-order valence-electron chi connectivity index (χ4n) is 2.14. The van der Waals surface area contributed by atoms with Gasteiger partial charge in [-0.1, -0.05) is 12.1 Å². The van der Waals surface area contributed by atoms with Crippen LogP contribution in [0.1, 0.15) is 29.9 Å². The van der Waals surface area contributed by atoms with Crippen LogP contribution in [0.5, 0.6) is 0 Å². The summed E-state index contributed by atoms with van der Waals surface area (Å²) >= 11 is 1.18. The summed E-state index contributed by atoms with van der Waals surface area (Å²) in [7, 11) is -3.72. The number of benzene rings is 1. The number of rotatable bonds is 4. The number of hydrogen-bond acceptors (Lipinski definition) is 3. The van der Waals surface area contributed by atoms with Gasteiger partial charge in [0.05, 0.1) is 5.69 Å². The topological polar surface area (TPSA) is 46.2 Å². The molecule has 0 unspecified atom stereocenters. The van der Waals surface area contributed by atoms with Crippen LogP contribution in [0.4, 0.5) is 10.1 Å². The van der Waals surface area contributed by atoms with Crippen LogP contribution in [0.2, 0.25) is 0 Å². The molecule has 0 aliphatic heterocycles. The number of nitrogens with one attached hydrogen (secondary N) is 1. The molecule has 0 bridgehead atoms. The Labute approximate surface area is 121 Å². The molecule has 0 atom stereocenters. The molecule has 1 aromatic heterocycles. The van der Waals surface area contributed by atoms with Gasteiger partial charge in [0.2, 0.25) is 0 Å². The molecule has 106 valence electrons. The van der Waals surface area contributed by atoms with E-state index < -0.39 is 15.8 Å². The van der Waals surface area contributed by atoms with Crippen molar-refractivity contribution >= 4 is 27.0 Å². The third kappa shape index (κ3) is 2.45. The summed E-state index contributed by atoms with van der Waals surface area (Å²) in [5, 5.41) is 1.77. The third-order valence-electron chi connectivity index (χ3n) is 3.36. The molecule has 1 heterocycles. The first kappa shape index (κ1) is 13.6. The zero-order chi connectivity index (χ0) is 14.3. The van der Waals surface area contributed by atoms with Crippen molar-refractivity contribution in [2.24, 2.45) is 0 Å². The first-order chi connectivity index (χ1) is 9.49. The van der Waals surface area contributed by atoms with Crippen molar-refractivity contribution in [2.45, 2.75) is 29.9 Å². The third-order valence-corrected chi connectivity index (χ3v) is 6.24. The normalized spacial score (nSPS) is 15.3. The number of thiophene rings is 1. The van der Waals surface area contributed by atoms with E-state index in [4.69, 9.17) is 0 Å². The molecule has 1 aliphatic rings. The molecule has 3 rings (SSSR count). The Hall–Kier alpha value is -1.40. The monoisotopic (exact) mass is 311 g/mol. The summed E-state index contributed by atoms with van der Waals surface area (Å²) in [5.41, 5.74) is 1.27. The van der Waals surface area contributed by atoms with Gasteiger partial charge in [-0.05, 0) is 54.3 Å². The Morgan fingerprint density at radius 3 is 2.75 bits per heavy atom. The molecule has 1 fully saturated rings. The number of sulfonamides is 1. The summed E-state index contributed by atoms with van der Waals surface area (Å²) in [6.45, 7) is 1.61. The summed E-state index contributed by atoms with van der Waals surface area (Å²) in [6.07, 6.45) is 2.05. The van der Waals surface area contributed by atoms with Gasteiger partial charge in [0.15, 0.2) is 0 Å². The lowest BCUT2D eigenvalue weighted by atomic mass is 10.2. The van der Waals surface area contributed by atoms with Crippen LogP contribution in [0, 0.1) is 12.7 Å². The van der Waals surface area contributed by atoms with Crippen molar-refractivity contribution in [1.29, 1.82) is 0 Å². The Balaban J connectivity index is 1.96. The lowest BCUT2D eigenvalue weighted by molar-refractivity contribution is 0.598. The van der Waals surface area contributed by atoms with Crippen LogP contribution in [-0.4, -0.2) is 8.42 Å². The molecule has 20 heavy (non-hydrogen) atoms. The molecular weight excluding hydrogens is 297 g/mol. The quantitative estimate of drug-likeness (QED) is 0.931. The zero-order valence-electron chi connectivity index (χ0n) is 10.9. The summed E-state index contributed by atoms with van der Waals surface area (Å²) in [5.74, 6) is -0.184. The van der Waals surface area contributed by atoms with Crippen molar-refractivity contribution < 1.29 is 12.8 Å². The molecule has 1 aliphatic carbocycles. The van der Waals surface area contributed by atoms with Gasteiger partial charge in [0.1, 0.15) is 10.0 Å². The van der Waals surface area contributed by atoms with Gasteiger partial charge < -0.3 is 0 Å². The van der Waals surface area contributed by atoms with Crippen LogP contribution in [-0.2, 0) is 10.0 Å². The van der Waals surface area contributed by atoms with E-state index in [1.165, 1.54) is 17.4 Å². The Bertz CT molecular complexity index is 748. The second kappa shape index (κ2) is 4.86. The fourth-order valence-corrected chi connectivity index (χ4v) is 4.73. The first-order valence-corrected chi connectivity index (χ1v) is 8.70. The predicted octanol–water partition coefficient (Wildman–Crippen LogP) is 3.87. The average Bonchev–Trinajstić information content (AvgIpc) is 3.11. The number of hydrogen-bond donors (Lipinski definition) is 1. The second-order valence-electron chi connectivity index (χ2n) is 4.98. The van der Waals surface area contributed by atoms with Gasteiger partial charge >= 0.3 is 0 Å². The highest BCUT2D eigenvalue weighted by molar-refractivity contribution is 7.94. The van der Waals surface area contributed by atoms with Crippen LogP contribution >= 0.6 is 11.3 Å². The summed E-state index contributed by atoms with van der Waals surface area (Å²) in [6, 6.07) is 6.52. The molecule has 6 heteroatoms. The van der Waals surface area contributed by atoms with E-state index in [0.29, 0.717) is 15.7 Å². The van der Waals surface area contributed by atoms with Crippen molar-refractivity contribution in [3.8, 4) is 0 Å². The molecular formula is C14H14FNO2S2. The zero-order valence-corrected chi connectivity index (χ0v) is 12.5. The molecule has 2 aromatic rings. The highest BCUT2D eigenvalue weighted by Crippen LogP contribution is 2.45. The summed E-state index contributed by atoms with van der Waals surface area (Å²) < 4.78 is 41.4. The van der Waals surface area contributed by atoms with E-state index in [-0.39, 0.29) is 5.69 Å². The lowest BCUT2D eigenvalue weighted by Crippen LogP contribution is -2.14. The SMILES string of the molecule is Cc1cccc(NS(=O)(=O)c2sccc2C2CC2)c1F. The molecule has 1 aromatic carbocycles.